The molecule has 0 aromatic carbocycles. The zero-order chi connectivity index (χ0) is 12.3. The second-order valence-corrected chi connectivity index (χ2v) is 5.19. The van der Waals surface area contributed by atoms with E-state index in [1.54, 1.807) is 0 Å². The van der Waals surface area contributed by atoms with Gasteiger partial charge in [-0.15, -0.1) is 11.3 Å². The number of nitrogens with one attached hydrogen (secondary N) is 1. The van der Waals surface area contributed by atoms with Crippen LogP contribution in [0.3, 0.4) is 0 Å². The Labute approximate surface area is 111 Å². The maximum Gasteiger partial charge on any atom is 0.223 e. The third kappa shape index (κ3) is 2.81. The fourth-order valence-electron chi connectivity index (χ4n) is 1.31. The molecular weight excluding hydrogens is 305 g/mol. The maximum atomic E-state index is 13.7. The standard InChI is InChI=1S/C11H11BrFN3S/c1-2-4-14-11-15-6-8(13)9(16-11)10-7(12)3-5-17-10/h3,5-6H,2,4H2,1H3,(H,14,15,16). The number of anilines is 1. The van der Waals surface area contributed by atoms with Crippen molar-refractivity contribution >= 4 is 33.2 Å². The SMILES string of the molecule is CCCNc1ncc(F)c(-c2sccc2Br)n1. The fraction of sp³-hybridized carbons (Fsp3) is 0.273. The number of hydrogen-bond acceptors (Lipinski definition) is 4. The maximum absolute atomic E-state index is 13.7. The smallest absolute Gasteiger partial charge is 0.223 e. The van der Waals surface area contributed by atoms with E-state index in [1.165, 1.54) is 17.5 Å². The first kappa shape index (κ1) is 12.4. The summed E-state index contributed by atoms with van der Waals surface area (Å²) < 4.78 is 14.5. The number of nitrogens with zero attached hydrogens (tertiary/aromatic N) is 2. The van der Waals surface area contributed by atoms with Crippen molar-refractivity contribution in [2.75, 3.05) is 11.9 Å². The van der Waals surface area contributed by atoms with Crippen LogP contribution in [0.25, 0.3) is 10.6 Å². The van der Waals surface area contributed by atoms with Gasteiger partial charge in [-0.25, -0.2) is 14.4 Å². The van der Waals surface area contributed by atoms with Crippen molar-refractivity contribution in [3.63, 3.8) is 0 Å². The summed E-state index contributed by atoms with van der Waals surface area (Å²) in [5, 5.41) is 4.93. The van der Waals surface area contributed by atoms with Crippen molar-refractivity contribution in [2.45, 2.75) is 13.3 Å². The van der Waals surface area contributed by atoms with Crippen LogP contribution in [-0.2, 0) is 0 Å². The monoisotopic (exact) mass is 315 g/mol. The van der Waals surface area contributed by atoms with Gasteiger partial charge in [0, 0.05) is 11.0 Å². The van der Waals surface area contributed by atoms with Crippen molar-refractivity contribution in [3.05, 3.63) is 27.9 Å². The summed E-state index contributed by atoms with van der Waals surface area (Å²) in [6.45, 7) is 2.82. The normalized spacial score (nSPS) is 10.5. The zero-order valence-electron chi connectivity index (χ0n) is 9.20. The summed E-state index contributed by atoms with van der Waals surface area (Å²) in [6, 6.07) is 1.88. The predicted octanol–water partition coefficient (Wildman–Crippen LogP) is 3.93. The van der Waals surface area contributed by atoms with E-state index in [4.69, 9.17) is 0 Å². The lowest BCUT2D eigenvalue weighted by Gasteiger charge is -2.05. The highest BCUT2D eigenvalue weighted by atomic mass is 79.9. The first-order valence-electron chi connectivity index (χ1n) is 5.22. The van der Waals surface area contributed by atoms with Gasteiger partial charge in [0.2, 0.25) is 5.95 Å². The molecule has 0 aliphatic rings. The van der Waals surface area contributed by atoms with Gasteiger partial charge in [-0.3, -0.25) is 0 Å². The molecule has 0 unspecified atom stereocenters. The summed E-state index contributed by atoms with van der Waals surface area (Å²) in [4.78, 5) is 8.89. The molecule has 0 aliphatic carbocycles. The largest absolute Gasteiger partial charge is 0.354 e. The molecule has 90 valence electrons. The molecule has 0 radical (unpaired) electrons. The Morgan fingerprint density at radius 3 is 3.00 bits per heavy atom. The molecule has 2 rings (SSSR count). The van der Waals surface area contributed by atoms with E-state index in [0.29, 0.717) is 11.6 Å². The van der Waals surface area contributed by atoms with Crippen LogP contribution in [-0.4, -0.2) is 16.5 Å². The minimum Gasteiger partial charge on any atom is -0.354 e. The molecule has 2 aromatic rings. The van der Waals surface area contributed by atoms with Crippen molar-refractivity contribution in [1.82, 2.24) is 9.97 Å². The number of rotatable bonds is 4. The number of aromatic nitrogens is 2. The highest BCUT2D eigenvalue weighted by molar-refractivity contribution is 9.10. The quantitative estimate of drug-likeness (QED) is 0.929. The van der Waals surface area contributed by atoms with Gasteiger partial charge in [0.25, 0.3) is 0 Å². The van der Waals surface area contributed by atoms with Gasteiger partial charge in [-0.2, -0.15) is 0 Å². The van der Waals surface area contributed by atoms with E-state index in [2.05, 4.69) is 31.2 Å². The molecule has 0 amide bonds. The summed E-state index contributed by atoms with van der Waals surface area (Å²) in [6.07, 6.45) is 2.17. The molecule has 3 nitrogen and oxygen atoms in total. The van der Waals surface area contributed by atoms with Crippen LogP contribution < -0.4 is 5.32 Å². The van der Waals surface area contributed by atoms with Gasteiger partial charge in [-0.05, 0) is 33.8 Å². The molecule has 0 spiro atoms. The van der Waals surface area contributed by atoms with E-state index in [1.807, 2.05) is 18.4 Å². The minimum atomic E-state index is -0.407. The second-order valence-electron chi connectivity index (χ2n) is 3.41. The highest BCUT2D eigenvalue weighted by Gasteiger charge is 2.13. The van der Waals surface area contributed by atoms with E-state index in [9.17, 15) is 4.39 Å². The number of thiophene rings is 1. The molecule has 1 N–H and O–H groups in total. The van der Waals surface area contributed by atoms with Gasteiger partial charge in [0.15, 0.2) is 5.82 Å². The van der Waals surface area contributed by atoms with Crippen LogP contribution in [0, 0.1) is 5.82 Å². The summed E-state index contributed by atoms with van der Waals surface area (Å²) in [5.74, 6) is 0.0544. The van der Waals surface area contributed by atoms with Crippen molar-refractivity contribution in [3.8, 4) is 10.6 Å². The molecule has 0 aliphatic heterocycles. The van der Waals surface area contributed by atoms with Crippen molar-refractivity contribution in [2.24, 2.45) is 0 Å². The van der Waals surface area contributed by atoms with Crippen LogP contribution >= 0.6 is 27.3 Å². The van der Waals surface area contributed by atoms with Gasteiger partial charge < -0.3 is 5.32 Å². The number of hydrogen-bond donors (Lipinski definition) is 1. The molecule has 0 fully saturated rings. The predicted molar refractivity (Wildman–Crippen MR) is 71.8 cm³/mol. The van der Waals surface area contributed by atoms with Crippen LogP contribution in [0.5, 0.6) is 0 Å². The Hall–Kier alpha value is -1.01. The minimum absolute atomic E-state index is 0.334. The van der Waals surface area contributed by atoms with Crippen LogP contribution in [0.4, 0.5) is 10.3 Å². The van der Waals surface area contributed by atoms with Crippen LogP contribution in [0.15, 0.2) is 22.1 Å². The van der Waals surface area contributed by atoms with Crippen LogP contribution in [0.1, 0.15) is 13.3 Å². The zero-order valence-corrected chi connectivity index (χ0v) is 11.6. The average molecular weight is 316 g/mol. The highest BCUT2D eigenvalue weighted by Crippen LogP contribution is 2.33. The Bertz CT molecular complexity index is 515. The first-order chi connectivity index (χ1) is 8.22. The van der Waals surface area contributed by atoms with Gasteiger partial charge in [0.1, 0.15) is 5.69 Å². The lowest BCUT2D eigenvalue weighted by molar-refractivity contribution is 0.619. The molecule has 0 bridgehead atoms. The molecule has 2 aromatic heterocycles. The molecule has 17 heavy (non-hydrogen) atoms. The Balaban J connectivity index is 2.36. The Morgan fingerprint density at radius 1 is 1.53 bits per heavy atom. The van der Waals surface area contributed by atoms with Crippen molar-refractivity contribution < 1.29 is 4.39 Å². The van der Waals surface area contributed by atoms with Gasteiger partial charge >= 0.3 is 0 Å². The topological polar surface area (TPSA) is 37.8 Å². The van der Waals surface area contributed by atoms with E-state index >= 15 is 0 Å². The lowest BCUT2D eigenvalue weighted by atomic mass is 10.3. The number of halogens is 2. The van der Waals surface area contributed by atoms with Crippen LogP contribution in [0.2, 0.25) is 0 Å². The fourth-order valence-corrected chi connectivity index (χ4v) is 2.86. The molecule has 6 heteroatoms. The summed E-state index contributed by atoms with van der Waals surface area (Å²) in [5.41, 5.74) is 0.334. The van der Waals surface area contributed by atoms with E-state index in [-0.39, 0.29) is 0 Å². The van der Waals surface area contributed by atoms with E-state index < -0.39 is 5.82 Å². The van der Waals surface area contributed by atoms with Gasteiger partial charge in [0.05, 0.1) is 11.1 Å². The molecular formula is C11H11BrFN3S. The Kier molecular flexibility index (Phi) is 4.06. The average Bonchev–Trinajstić information content (AvgIpc) is 2.74. The summed E-state index contributed by atoms with van der Waals surface area (Å²) >= 11 is 4.82. The molecule has 0 atom stereocenters. The third-order valence-corrected chi connectivity index (χ3v) is 3.95. The van der Waals surface area contributed by atoms with Crippen molar-refractivity contribution in [1.29, 1.82) is 0 Å². The molecule has 2 heterocycles. The Morgan fingerprint density at radius 2 is 2.35 bits per heavy atom. The van der Waals surface area contributed by atoms with E-state index in [0.717, 1.165) is 22.3 Å². The second kappa shape index (κ2) is 5.55. The first-order valence-corrected chi connectivity index (χ1v) is 6.89. The lowest BCUT2D eigenvalue weighted by Crippen LogP contribution is -2.05. The molecule has 0 saturated carbocycles. The summed E-state index contributed by atoms with van der Waals surface area (Å²) in [7, 11) is 0. The molecule has 0 saturated heterocycles. The third-order valence-electron chi connectivity index (χ3n) is 2.11. The van der Waals surface area contributed by atoms with Gasteiger partial charge in [-0.1, -0.05) is 6.92 Å².